The fraction of sp³-hybridized carbons (Fsp3) is 0.733. The Morgan fingerprint density at radius 2 is 1.90 bits per heavy atom. The van der Waals surface area contributed by atoms with Gasteiger partial charge in [-0.2, -0.15) is 0 Å². The molecule has 0 aromatic carbocycles. The normalized spacial score (nSPS) is 16.0. The summed E-state index contributed by atoms with van der Waals surface area (Å²) in [6, 6.07) is 2.25. The number of likely N-dealkylation sites (N-methyl/N-ethyl adjacent to an activating group) is 1. The molecule has 1 aromatic rings. The lowest BCUT2D eigenvalue weighted by Gasteiger charge is -2.24. The molecule has 1 fully saturated rings. The number of hydrogen-bond acceptors (Lipinski definition) is 4. The van der Waals surface area contributed by atoms with Gasteiger partial charge in [-0.25, -0.2) is 4.79 Å². The third-order valence-corrected chi connectivity index (χ3v) is 4.52. The highest BCUT2D eigenvalue weighted by Crippen LogP contribution is 2.21. The zero-order valence-electron chi connectivity index (χ0n) is 13.3. The van der Waals surface area contributed by atoms with Crippen molar-refractivity contribution in [3.05, 3.63) is 32.6 Å². The van der Waals surface area contributed by atoms with Crippen molar-refractivity contribution in [3.63, 3.8) is 0 Å². The van der Waals surface area contributed by atoms with E-state index in [2.05, 4.69) is 17.3 Å². The van der Waals surface area contributed by atoms with Crippen LogP contribution in [0.3, 0.4) is 0 Å². The Bertz CT molecular complexity index is 584. The molecule has 21 heavy (non-hydrogen) atoms. The van der Waals surface area contributed by atoms with Crippen LogP contribution in [0.1, 0.15) is 31.4 Å². The Morgan fingerprint density at radius 1 is 1.24 bits per heavy atom. The standard InChI is InChI=1S/C15H26N4O2/c1-17(12-6-4-5-7-12)9-8-16-11-13-10-14(20)19(3)15(21)18(13)2/h10,12,16H,4-9,11H2,1-3H3. The Morgan fingerprint density at radius 3 is 2.57 bits per heavy atom. The monoisotopic (exact) mass is 294 g/mol. The molecule has 1 N–H and O–H groups in total. The van der Waals surface area contributed by atoms with E-state index in [-0.39, 0.29) is 11.2 Å². The van der Waals surface area contributed by atoms with Crippen LogP contribution >= 0.6 is 0 Å². The van der Waals surface area contributed by atoms with Crippen LogP contribution in [0.4, 0.5) is 0 Å². The predicted octanol–water partition coefficient (Wildman–Crippen LogP) is 0.0480. The number of nitrogens with one attached hydrogen (secondary N) is 1. The molecule has 1 heterocycles. The van der Waals surface area contributed by atoms with Crippen molar-refractivity contribution >= 4 is 0 Å². The third-order valence-electron chi connectivity index (χ3n) is 4.52. The van der Waals surface area contributed by atoms with Gasteiger partial charge in [0, 0.05) is 51.5 Å². The lowest BCUT2D eigenvalue weighted by Crippen LogP contribution is -2.40. The molecule has 0 saturated heterocycles. The minimum Gasteiger partial charge on any atom is -0.310 e. The van der Waals surface area contributed by atoms with E-state index >= 15 is 0 Å². The molecule has 6 heteroatoms. The second-order valence-electron chi connectivity index (χ2n) is 5.97. The first-order valence-electron chi connectivity index (χ1n) is 7.67. The minimum atomic E-state index is -0.276. The van der Waals surface area contributed by atoms with Crippen LogP contribution < -0.4 is 16.6 Å². The second-order valence-corrected chi connectivity index (χ2v) is 5.97. The molecular weight excluding hydrogens is 268 g/mol. The lowest BCUT2D eigenvalue weighted by molar-refractivity contribution is 0.245. The Balaban J connectivity index is 1.84. The average Bonchev–Trinajstić information content (AvgIpc) is 3.00. The Kier molecular flexibility index (Phi) is 5.36. The van der Waals surface area contributed by atoms with Gasteiger partial charge in [0.1, 0.15) is 0 Å². The van der Waals surface area contributed by atoms with Gasteiger partial charge in [0.25, 0.3) is 5.56 Å². The molecule has 0 radical (unpaired) electrons. The van der Waals surface area contributed by atoms with E-state index in [0.717, 1.165) is 29.4 Å². The van der Waals surface area contributed by atoms with Crippen LogP contribution in [-0.2, 0) is 20.6 Å². The van der Waals surface area contributed by atoms with Crippen LogP contribution in [0.2, 0.25) is 0 Å². The van der Waals surface area contributed by atoms with Crippen molar-refractivity contribution in [2.75, 3.05) is 20.1 Å². The zero-order valence-corrected chi connectivity index (χ0v) is 13.3. The van der Waals surface area contributed by atoms with Crippen LogP contribution in [0.15, 0.2) is 15.7 Å². The highest BCUT2D eigenvalue weighted by atomic mass is 16.2. The number of hydrogen-bond donors (Lipinski definition) is 1. The highest BCUT2D eigenvalue weighted by Gasteiger charge is 2.18. The molecule has 6 nitrogen and oxygen atoms in total. The Hall–Kier alpha value is -1.40. The van der Waals surface area contributed by atoms with E-state index < -0.39 is 0 Å². The molecule has 1 aliphatic carbocycles. The summed E-state index contributed by atoms with van der Waals surface area (Å²) in [7, 11) is 5.37. The molecule has 0 amide bonds. The van der Waals surface area contributed by atoms with Crippen molar-refractivity contribution < 1.29 is 0 Å². The highest BCUT2D eigenvalue weighted by molar-refractivity contribution is 5.01. The molecule has 0 bridgehead atoms. The third kappa shape index (κ3) is 3.83. The van der Waals surface area contributed by atoms with Gasteiger partial charge in [-0.1, -0.05) is 12.8 Å². The van der Waals surface area contributed by atoms with Crippen molar-refractivity contribution in [2.45, 2.75) is 38.3 Å². The molecule has 1 aromatic heterocycles. The summed E-state index contributed by atoms with van der Waals surface area (Å²) in [5.74, 6) is 0. The summed E-state index contributed by atoms with van der Waals surface area (Å²) in [5, 5.41) is 3.32. The van der Waals surface area contributed by atoms with Gasteiger partial charge in [0.05, 0.1) is 0 Å². The summed E-state index contributed by atoms with van der Waals surface area (Å²) >= 11 is 0. The second kappa shape index (κ2) is 7.04. The summed E-state index contributed by atoms with van der Waals surface area (Å²) in [6.07, 6.45) is 5.30. The van der Waals surface area contributed by atoms with Crippen LogP contribution in [0.5, 0.6) is 0 Å². The van der Waals surface area contributed by atoms with Gasteiger partial charge in [0.15, 0.2) is 0 Å². The van der Waals surface area contributed by atoms with Crippen molar-refractivity contribution in [1.82, 2.24) is 19.4 Å². The van der Waals surface area contributed by atoms with E-state index in [4.69, 9.17) is 0 Å². The van der Waals surface area contributed by atoms with Crippen LogP contribution in [0.25, 0.3) is 0 Å². The van der Waals surface area contributed by atoms with Gasteiger partial charge >= 0.3 is 5.69 Å². The Labute approximate surface area is 125 Å². The lowest BCUT2D eigenvalue weighted by atomic mass is 10.2. The SMILES string of the molecule is CN(CCNCc1cc(=O)n(C)c(=O)n1C)C1CCCC1. The van der Waals surface area contributed by atoms with Crippen molar-refractivity contribution in [3.8, 4) is 0 Å². The first-order chi connectivity index (χ1) is 10.0. The maximum atomic E-state index is 11.8. The maximum absolute atomic E-state index is 11.8. The first-order valence-corrected chi connectivity index (χ1v) is 7.67. The van der Waals surface area contributed by atoms with Crippen LogP contribution in [0, 0.1) is 0 Å². The smallest absolute Gasteiger partial charge is 0.310 e. The molecular formula is C15H26N4O2. The number of nitrogens with zero attached hydrogens (tertiary/aromatic N) is 3. The van der Waals surface area contributed by atoms with Crippen molar-refractivity contribution in [1.29, 1.82) is 0 Å². The summed E-state index contributed by atoms with van der Waals surface area (Å²) < 4.78 is 2.65. The van der Waals surface area contributed by atoms with Crippen LogP contribution in [-0.4, -0.2) is 40.2 Å². The zero-order chi connectivity index (χ0) is 15.4. The molecule has 118 valence electrons. The number of aromatic nitrogens is 2. The van der Waals surface area contributed by atoms with E-state index in [1.54, 1.807) is 7.05 Å². The summed E-state index contributed by atoms with van der Waals surface area (Å²) in [5.41, 5.74) is 0.201. The molecule has 2 rings (SSSR count). The van der Waals surface area contributed by atoms with Gasteiger partial charge in [-0.15, -0.1) is 0 Å². The number of rotatable bonds is 6. The molecule has 1 saturated carbocycles. The largest absolute Gasteiger partial charge is 0.330 e. The topological polar surface area (TPSA) is 59.3 Å². The van der Waals surface area contributed by atoms with E-state index in [1.165, 1.54) is 43.4 Å². The fourth-order valence-corrected chi connectivity index (χ4v) is 2.95. The summed E-state index contributed by atoms with van der Waals surface area (Å²) in [4.78, 5) is 25.9. The molecule has 0 unspecified atom stereocenters. The molecule has 0 atom stereocenters. The van der Waals surface area contributed by atoms with Gasteiger partial charge in [0.2, 0.25) is 0 Å². The summed E-state index contributed by atoms with van der Waals surface area (Å²) in [6.45, 7) is 2.39. The van der Waals surface area contributed by atoms with E-state index in [9.17, 15) is 9.59 Å². The van der Waals surface area contributed by atoms with Gasteiger partial charge < -0.3 is 10.2 Å². The molecule has 0 aliphatic heterocycles. The quantitative estimate of drug-likeness (QED) is 0.753. The molecule has 1 aliphatic rings. The predicted molar refractivity (Wildman–Crippen MR) is 83.5 cm³/mol. The van der Waals surface area contributed by atoms with Gasteiger partial charge in [-0.05, 0) is 19.9 Å². The van der Waals surface area contributed by atoms with E-state index in [0.29, 0.717) is 6.54 Å². The first kappa shape index (κ1) is 16.0. The molecule has 0 spiro atoms. The van der Waals surface area contributed by atoms with Crippen molar-refractivity contribution in [2.24, 2.45) is 14.1 Å². The van der Waals surface area contributed by atoms with E-state index in [1.807, 2.05) is 0 Å². The fourth-order valence-electron chi connectivity index (χ4n) is 2.95. The van der Waals surface area contributed by atoms with Gasteiger partial charge in [-0.3, -0.25) is 13.9 Å². The minimum absolute atomic E-state index is 0.252. The average molecular weight is 294 g/mol. The maximum Gasteiger partial charge on any atom is 0.330 e.